The largest absolute Gasteiger partial charge is 0.319 e. The molecule has 2 aromatic heterocycles. The summed E-state index contributed by atoms with van der Waals surface area (Å²) < 4.78 is 4.42. The molecule has 0 fully saturated rings. The van der Waals surface area contributed by atoms with Gasteiger partial charge in [-0.05, 0) is 93.0 Å². The normalized spacial score (nSPS) is 14.6. The van der Waals surface area contributed by atoms with E-state index in [1.807, 2.05) is 36.4 Å². The quantitative estimate of drug-likeness (QED) is 0.166. The molecule has 2 aliphatic rings. The summed E-state index contributed by atoms with van der Waals surface area (Å²) in [4.78, 5) is 4.22. The van der Waals surface area contributed by atoms with Crippen LogP contribution in [0.1, 0.15) is 55.5 Å². The van der Waals surface area contributed by atoms with Gasteiger partial charge in [0.1, 0.15) is 6.07 Å². The Morgan fingerprint density at radius 3 is 1.44 bits per heavy atom. The van der Waals surface area contributed by atoms with Crippen LogP contribution in [0.2, 0.25) is 0 Å². The third-order valence-electron chi connectivity index (χ3n) is 12.6. The molecule has 0 spiro atoms. The highest BCUT2D eigenvalue weighted by molar-refractivity contribution is 6.14. The number of fused-ring (bicyclic) bond motifs is 12. The number of benzene rings is 7. The van der Waals surface area contributed by atoms with E-state index in [2.05, 4.69) is 145 Å². The summed E-state index contributed by atoms with van der Waals surface area (Å²) in [6, 6.07) is 50.0. The van der Waals surface area contributed by atoms with Crippen LogP contribution in [-0.4, -0.2) is 9.13 Å². The van der Waals surface area contributed by atoms with Gasteiger partial charge in [0.15, 0.2) is 0 Å². The standard InChI is InChI=1S/C50H34N4/c1-49(2)38-18-10-6-14-30(38)34-23-36-37-24-35-31-15-7-11-19-39(31)50(3,4)41(35)26-47(37)54(46(36)25-40(34)49)48-22-29(28-51)45(27-42(48)52-5)53-43-20-12-8-16-32(43)33-17-9-13-21-44(33)53/h6-27H,1-4H3. The maximum atomic E-state index is 10.9. The lowest BCUT2D eigenvalue weighted by Gasteiger charge is -2.22. The Hall–Kier alpha value is -6.88. The van der Waals surface area contributed by atoms with Crippen molar-refractivity contribution >= 4 is 49.3 Å². The molecule has 4 nitrogen and oxygen atoms in total. The predicted molar refractivity (Wildman–Crippen MR) is 221 cm³/mol. The summed E-state index contributed by atoms with van der Waals surface area (Å²) in [5, 5.41) is 15.4. The molecule has 0 N–H and O–H groups in total. The molecule has 0 amide bonds. The third kappa shape index (κ3) is 3.75. The lowest BCUT2D eigenvalue weighted by Crippen LogP contribution is -2.15. The molecular formula is C50H34N4. The molecule has 0 saturated carbocycles. The molecule has 11 rings (SSSR count). The Balaban J connectivity index is 1.26. The molecule has 7 aromatic carbocycles. The molecule has 2 heterocycles. The van der Waals surface area contributed by atoms with Crippen molar-refractivity contribution in [1.29, 1.82) is 5.26 Å². The van der Waals surface area contributed by atoms with Crippen LogP contribution in [0.15, 0.2) is 133 Å². The smallest absolute Gasteiger partial charge is 0.212 e. The molecule has 54 heavy (non-hydrogen) atoms. The second-order valence-corrected chi connectivity index (χ2v) is 16.0. The fraction of sp³-hybridized carbons (Fsp3) is 0.120. The van der Waals surface area contributed by atoms with Gasteiger partial charge in [-0.25, -0.2) is 4.85 Å². The number of rotatable bonds is 2. The Morgan fingerprint density at radius 2 is 0.944 bits per heavy atom. The van der Waals surface area contributed by atoms with E-state index in [9.17, 15) is 5.26 Å². The van der Waals surface area contributed by atoms with Gasteiger partial charge in [-0.3, -0.25) is 0 Å². The summed E-state index contributed by atoms with van der Waals surface area (Å²) in [6.07, 6.45) is 0. The SMILES string of the molecule is [C-]#[N+]c1cc(-n2c3ccccc3c3ccccc32)c(C#N)cc1-n1c2cc3c(cc2c2cc4c(cc21)C(C)(C)c1ccccc1-4)-c1ccccc1C3(C)C. The van der Waals surface area contributed by atoms with Crippen LogP contribution >= 0.6 is 0 Å². The molecule has 0 radical (unpaired) electrons. The number of para-hydroxylation sites is 2. The second-order valence-electron chi connectivity index (χ2n) is 16.0. The van der Waals surface area contributed by atoms with Crippen LogP contribution in [0.3, 0.4) is 0 Å². The summed E-state index contributed by atoms with van der Waals surface area (Å²) in [5.74, 6) is 0. The van der Waals surface area contributed by atoms with E-state index in [4.69, 9.17) is 6.57 Å². The maximum Gasteiger partial charge on any atom is 0.212 e. The van der Waals surface area contributed by atoms with Crippen molar-refractivity contribution in [2.45, 2.75) is 38.5 Å². The van der Waals surface area contributed by atoms with Gasteiger partial charge >= 0.3 is 0 Å². The second kappa shape index (κ2) is 10.4. The summed E-state index contributed by atoms with van der Waals surface area (Å²) >= 11 is 0. The van der Waals surface area contributed by atoms with E-state index in [-0.39, 0.29) is 10.8 Å². The van der Waals surface area contributed by atoms with Crippen LogP contribution in [0, 0.1) is 17.9 Å². The molecule has 0 atom stereocenters. The zero-order valence-electron chi connectivity index (χ0n) is 30.5. The van der Waals surface area contributed by atoms with Crippen molar-refractivity contribution in [3.63, 3.8) is 0 Å². The summed E-state index contributed by atoms with van der Waals surface area (Å²) in [5.41, 5.74) is 16.4. The zero-order valence-corrected chi connectivity index (χ0v) is 30.5. The Bertz CT molecular complexity index is 3070. The van der Waals surface area contributed by atoms with Crippen molar-refractivity contribution in [3.8, 4) is 39.7 Å². The van der Waals surface area contributed by atoms with Crippen molar-refractivity contribution in [2.75, 3.05) is 0 Å². The molecule has 0 saturated heterocycles. The number of nitrogens with zero attached hydrogens (tertiary/aromatic N) is 4. The minimum atomic E-state index is -0.203. The van der Waals surface area contributed by atoms with Crippen LogP contribution in [-0.2, 0) is 10.8 Å². The fourth-order valence-corrected chi connectivity index (χ4v) is 9.95. The molecule has 0 unspecified atom stereocenters. The van der Waals surface area contributed by atoms with Crippen molar-refractivity contribution < 1.29 is 0 Å². The van der Waals surface area contributed by atoms with Gasteiger partial charge in [-0.15, -0.1) is 0 Å². The minimum Gasteiger partial charge on any atom is -0.319 e. The van der Waals surface area contributed by atoms with Crippen LogP contribution in [0.5, 0.6) is 0 Å². The first kappa shape index (κ1) is 30.7. The molecule has 0 aliphatic heterocycles. The number of hydrogen-bond acceptors (Lipinski definition) is 1. The van der Waals surface area contributed by atoms with Crippen LogP contribution in [0.25, 0.3) is 82.1 Å². The fourth-order valence-electron chi connectivity index (χ4n) is 9.95. The average Bonchev–Trinajstić information content (AvgIpc) is 3.84. The van der Waals surface area contributed by atoms with Crippen molar-refractivity contribution in [2.24, 2.45) is 0 Å². The first-order valence-electron chi connectivity index (χ1n) is 18.5. The third-order valence-corrected chi connectivity index (χ3v) is 12.6. The van der Waals surface area contributed by atoms with E-state index in [0.717, 1.165) is 43.6 Å². The molecule has 0 bridgehead atoms. The number of hydrogen-bond donors (Lipinski definition) is 0. The van der Waals surface area contributed by atoms with E-state index in [1.54, 1.807) is 0 Å². The Morgan fingerprint density at radius 1 is 0.481 bits per heavy atom. The first-order chi connectivity index (χ1) is 26.2. The molecule has 254 valence electrons. The highest BCUT2D eigenvalue weighted by Crippen LogP contribution is 2.54. The summed E-state index contributed by atoms with van der Waals surface area (Å²) in [6.45, 7) is 17.9. The summed E-state index contributed by atoms with van der Waals surface area (Å²) in [7, 11) is 0. The average molecular weight is 691 g/mol. The molecule has 2 aliphatic carbocycles. The predicted octanol–water partition coefficient (Wildman–Crippen LogP) is 12.9. The molecular weight excluding hydrogens is 657 g/mol. The highest BCUT2D eigenvalue weighted by Gasteiger charge is 2.38. The first-order valence-corrected chi connectivity index (χ1v) is 18.5. The van der Waals surface area contributed by atoms with E-state index >= 15 is 0 Å². The minimum absolute atomic E-state index is 0.203. The van der Waals surface area contributed by atoms with Crippen molar-refractivity contribution in [3.05, 3.63) is 173 Å². The topological polar surface area (TPSA) is 38.0 Å². The lowest BCUT2D eigenvalue weighted by molar-refractivity contribution is 0.660. The Labute approximate surface area is 313 Å². The van der Waals surface area contributed by atoms with Crippen LogP contribution < -0.4 is 0 Å². The zero-order chi connectivity index (χ0) is 36.7. The number of aromatic nitrogens is 2. The van der Waals surface area contributed by atoms with Gasteiger partial charge in [0.05, 0.1) is 45.6 Å². The molecule has 9 aromatic rings. The van der Waals surface area contributed by atoms with Gasteiger partial charge in [0.2, 0.25) is 5.69 Å². The molecule has 4 heteroatoms. The Kier molecular flexibility index (Phi) is 5.90. The van der Waals surface area contributed by atoms with Gasteiger partial charge in [-0.1, -0.05) is 113 Å². The van der Waals surface area contributed by atoms with Gasteiger partial charge in [0.25, 0.3) is 0 Å². The van der Waals surface area contributed by atoms with E-state index < -0.39 is 0 Å². The monoisotopic (exact) mass is 690 g/mol. The number of nitriles is 1. The van der Waals surface area contributed by atoms with E-state index in [1.165, 1.54) is 44.5 Å². The van der Waals surface area contributed by atoms with Crippen LogP contribution in [0.4, 0.5) is 5.69 Å². The van der Waals surface area contributed by atoms with E-state index in [0.29, 0.717) is 22.6 Å². The lowest BCUT2D eigenvalue weighted by atomic mass is 9.82. The highest BCUT2D eigenvalue weighted by atomic mass is 15.0. The van der Waals surface area contributed by atoms with Crippen molar-refractivity contribution in [1.82, 2.24) is 9.13 Å². The van der Waals surface area contributed by atoms with Gasteiger partial charge in [-0.2, -0.15) is 5.26 Å². The maximum absolute atomic E-state index is 10.9. The van der Waals surface area contributed by atoms with Gasteiger partial charge in [0, 0.05) is 32.4 Å². The van der Waals surface area contributed by atoms with Gasteiger partial charge < -0.3 is 9.13 Å².